The van der Waals surface area contributed by atoms with Crippen LogP contribution in [0.4, 0.5) is 5.69 Å². The highest BCUT2D eigenvalue weighted by atomic mass is 16.4. The number of aliphatic hydroxyl groups excluding tert-OH is 1. The lowest BCUT2D eigenvalue weighted by atomic mass is 9.70. The van der Waals surface area contributed by atoms with Gasteiger partial charge < -0.3 is 20.2 Å². The molecule has 204 valence electrons. The third kappa shape index (κ3) is 6.62. The smallest absolute Gasteiger partial charge is 0.323 e. The topological polar surface area (TPSA) is 115 Å². The Labute approximate surface area is 224 Å². The lowest BCUT2D eigenvalue weighted by molar-refractivity contribution is -0.144. The first kappa shape index (κ1) is 27.8. The van der Waals surface area contributed by atoms with Crippen LogP contribution in [0, 0.1) is 17.3 Å². The predicted molar refractivity (Wildman–Crippen MR) is 145 cm³/mol. The molecule has 38 heavy (non-hydrogen) atoms. The van der Waals surface area contributed by atoms with E-state index in [1.165, 1.54) is 4.90 Å². The van der Waals surface area contributed by atoms with Crippen molar-refractivity contribution in [1.29, 1.82) is 0 Å². The van der Waals surface area contributed by atoms with E-state index in [0.717, 1.165) is 36.8 Å². The molecule has 1 saturated carbocycles. The first-order valence-corrected chi connectivity index (χ1v) is 13.8. The zero-order valence-corrected chi connectivity index (χ0v) is 21.9. The summed E-state index contributed by atoms with van der Waals surface area (Å²) in [5.74, 6) is -3.02. The molecule has 3 atom stereocenters. The Morgan fingerprint density at radius 3 is 2.34 bits per heavy atom. The molecule has 7 nitrogen and oxygen atoms in total. The number of carboxylic acids is 2. The fraction of sp³-hybridized carbons (Fsp3) is 0.516. The minimum Gasteiger partial charge on any atom is -0.481 e. The van der Waals surface area contributed by atoms with Gasteiger partial charge in [0.05, 0.1) is 12.0 Å². The van der Waals surface area contributed by atoms with Crippen molar-refractivity contribution < 1.29 is 29.7 Å². The zero-order valence-electron chi connectivity index (χ0n) is 21.9. The quantitative estimate of drug-likeness (QED) is 0.358. The van der Waals surface area contributed by atoms with Crippen molar-refractivity contribution in [1.82, 2.24) is 0 Å². The monoisotopic (exact) mass is 521 g/mol. The third-order valence-corrected chi connectivity index (χ3v) is 8.67. The molecule has 2 aliphatic rings. The lowest BCUT2D eigenvalue weighted by Crippen LogP contribution is -2.40. The van der Waals surface area contributed by atoms with Gasteiger partial charge in [-0.05, 0) is 80.4 Å². The summed E-state index contributed by atoms with van der Waals surface area (Å²) < 4.78 is 0. The van der Waals surface area contributed by atoms with E-state index in [-0.39, 0.29) is 18.4 Å². The van der Waals surface area contributed by atoms with E-state index in [4.69, 9.17) is 0 Å². The number of amides is 1. The molecule has 1 aliphatic carbocycles. The highest BCUT2D eigenvalue weighted by molar-refractivity contribution is 6.00. The first-order chi connectivity index (χ1) is 18.3. The number of fused-ring (bicyclic) bond motifs is 1. The number of hydrogen-bond donors (Lipinski definition) is 3. The van der Waals surface area contributed by atoms with E-state index in [9.17, 15) is 29.7 Å². The highest BCUT2D eigenvalue weighted by Gasteiger charge is 2.44. The normalized spacial score (nSPS) is 20.4. The van der Waals surface area contributed by atoms with Crippen LogP contribution >= 0.6 is 0 Å². The number of carbonyl (C=O) groups excluding carboxylic acids is 1. The van der Waals surface area contributed by atoms with Gasteiger partial charge in [0, 0.05) is 11.6 Å². The summed E-state index contributed by atoms with van der Waals surface area (Å²) in [6.07, 6.45) is 6.57. The van der Waals surface area contributed by atoms with E-state index in [1.807, 2.05) is 48.5 Å². The van der Waals surface area contributed by atoms with Crippen molar-refractivity contribution in [2.75, 3.05) is 11.4 Å². The summed E-state index contributed by atoms with van der Waals surface area (Å²) in [5, 5.41) is 30.9. The minimum atomic E-state index is -1.06. The molecule has 3 N–H and O–H groups in total. The third-order valence-electron chi connectivity index (χ3n) is 8.67. The number of nitrogens with zero attached hydrogens (tertiary/aromatic N) is 1. The lowest BCUT2D eigenvalue weighted by Gasteiger charge is -2.37. The number of aliphatic carboxylic acids is 2. The molecule has 0 bridgehead atoms. The van der Waals surface area contributed by atoms with Crippen molar-refractivity contribution in [3.05, 3.63) is 65.7 Å². The van der Waals surface area contributed by atoms with Crippen LogP contribution in [-0.2, 0) is 27.2 Å². The fourth-order valence-electron chi connectivity index (χ4n) is 6.55. The molecule has 0 saturated heterocycles. The maximum atomic E-state index is 13.4. The Morgan fingerprint density at radius 2 is 1.66 bits per heavy atom. The molecule has 0 aromatic heterocycles. The van der Waals surface area contributed by atoms with E-state index >= 15 is 0 Å². The molecule has 1 heterocycles. The molecule has 4 rings (SSSR count). The van der Waals surface area contributed by atoms with Gasteiger partial charge in [-0.1, -0.05) is 61.4 Å². The average molecular weight is 522 g/mol. The Kier molecular flexibility index (Phi) is 9.21. The maximum absolute atomic E-state index is 13.4. The molecule has 2 aromatic carbocycles. The summed E-state index contributed by atoms with van der Waals surface area (Å²) in [6.45, 7) is -0.388. The second-order valence-electron chi connectivity index (χ2n) is 11.1. The number of aliphatic hydroxyl groups is 1. The van der Waals surface area contributed by atoms with Gasteiger partial charge in [0.15, 0.2) is 0 Å². The molecule has 2 aromatic rings. The largest absolute Gasteiger partial charge is 0.481 e. The Bertz CT molecular complexity index is 1110. The Balaban J connectivity index is 1.43. The highest BCUT2D eigenvalue weighted by Crippen LogP contribution is 2.48. The van der Waals surface area contributed by atoms with Crippen molar-refractivity contribution in [2.45, 2.75) is 76.7 Å². The zero-order chi connectivity index (χ0) is 27.1. The number of hydrogen-bond acceptors (Lipinski definition) is 4. The average Bonchev–Trinajstić information content (AvgIpc) is 3.35. The molecule has 0 radical (unpaired) electrons. The number of benzene rings is 2. The van der Waals surface area contributed by atoms with E-state index in [0.29, 0.717) is 50.6 Å². The second kappa shape index (κ2) is 12.6. The molecule has 1 aliphatic heterocycles. The van der Waals surface area contributed by atoms with Gasteiger partial charge in [-0.3, -0.25) is 14.4 Å². The fourth-order valence-corrected chi connectivity index (χ4v) is 6.55. The summed E-state index contributed by atoms with van der Waals surface area (Å²) in [5.41, 5.74) is 2.26. The van der Waals surface area contributed by atoms with Crippen LogP contribution in [0.3, 0.4) is 0 Å². The van der Waals surface area contributed by atoms with Crippen LogP contribution < -0.4 is 4.90 Å². The number of carboxylic acid groups (broad SMARTS) is 2. The van der Waals surface area contributed by atoms with Gasteiger partial charge in [-0.2, -0.15) is 0 Å². The molecule has 1 amide bonds. The van der Waals surface area contributed by atoms with Gasteiger partial charge in [0.25, 0.3) is 0 Å². The first-order valence-electron chi connectivity index (χ1n) is 13.8. The Hall–Kier alpha value is -3.19. The van der Waals surface area contributed by atoms with Crippen molar-refractivity contribution in [3.8, 4) is 0 Å². The number of carbonyl (C=O) groups is 3. The SMILES string of the molecule is O=C(O)CN1C(=O)C(CCC(O)C2(C[C@@H](CCc3ccccc3)C(=O)O)CCCC2)CCc2ccccc21. The maximum Gasteiger partial charge on any atom is 0.323 e. The van der Waals surface area contributed by atoms with Crippen LogP contribution in [0.15, 0.2) is 54.6 Å². The van der Waals surface area contributed by atoms with Gasteiger partial charge >= 0.3 is 11.9 Å². The molecule has 7 heteroatoms. The van der Waals surface area contributed by atoms with E-state index in [2.05, 4.69) is 0 Å². The summed E-state index contributed by atoms with van der Waals surface area (Å²) in [4.78, 5) is 38.6. The molecule has 0 spiro atoms. The van der Waals surface area contributed by atoms with Crippen molar-refractivity contribution in [2.24, 2.45) is 17.3 Å². The van der Waals surface area contributed by atoms with Crippen LogP contribution in [0.5, 0.6) is 0 Å². The molecular weight excluding hydrogens is 482 g/mol. The number of para-hydroxylation sites is 1. The van der Waals surface area contributed by atoms with E-state index < -0.39 is 29.4 Å². The number of rotatable bonds is 12. The summed E-state index contributed by atoms with van der Waals surface area (Å²) in [6, 6.07) is 17.3. The molecule has 1 fully saturated rings. The van der Waals surface area contributed by atoms with Crippen LogP contribution in [0.1, 0.15) is 68.9 Å². The van der Waals surface area contributed by atoms with Crippen molar-refractivity contribution >= 4 is 23.5 Å². The van der Waals surface area contributed by atoms with Crippen LogP contribution in [0.25, 0.3) is 0 Å². The second-order valence-corrected chi connectivity index (χ2v) is 11.1. The predicted octanol–water partition coefficient (Wildman–Crippen LogP) is 5.09. The summed E-state index contributed by atoms with van der Waals surface area (Å²) >= 11 is 0. The number of anilines is 1. The summed E-state index contributed by atoms with van der Waals surface area (Å²) in [7, 11) is 0. The van der Waals surface area contributed by atoms with Gasteiger partial charge in [-0.15, -0.1) is 0 Å². The molecular formula is C31H39NO6. The van der Waals surface area contributed by atoms with Gasteiger partial charge in [0.1, 0.15) is 6.54 Å². The van der Waals surface area contributed by atoms with Crippen LogP contribution in [-0.4, -0.2) is 45.8 Å². The number of aryl methyl sites for hydroxylation is 2. The molecule has 2 unspecified atom stereocenters. The van der Waals surface area contributed by atoms with E-state index in [1.54, 1.807) is 6.07 Å². The van der Waals surface area contributed by atoms with Crippen LogP contribution in [0.2, 0.25) is 0 Å². The van der Waals surface area contributed by atoms with Crippen molar-refractivity contribution in [3.63, 3.8) is 0 Å². The standard InChI is InChI=1S/C31H39NO6/c33-27(17-16-24-15-14-23-10-4-5-11-26(23)32(29(24)36)21-28(34)35)31(18-6-7-19-31)20-25(30(37)38)13-12-22-8-2-1-3-9-22/h1-5,8-11,24-25,27,33H,6-7,12-21H2,(H,34,35)(H,37,38)/t24?,25-,27?/m1/s1. The Morgan fingerprint density at radius 1 is 0.974 bits per heavy atom. The van der Waals surface area contributed by atoms with Gasteiger partial charge in [0.2, 0.25) is 5.91 Å². The minimum absolute atomic E-state index is 0.212. The van der Waals surface area contributed by atoms with Gasteiger partial charge in [-0.25, -0.2) is 0 Å².